The van der Waals surface area contributed by atoms with E-state index in [-0.39, 0.29) is 0 Å². The molecule has 108 valence electrons. The summed E-state index contributed by atoms with van der Waals surface area (Å²) in [5.41, 5.74) is 7.36. The molecule has 0 aliphatic heterocycles. The Bertz CT molecular complexity index is 610. The lowest BCUT2D eigenvalue weighted by atomic mass is 10.3. The Labute approximate surface area is 121 Å². The fourth-order valence-corrected chi connectivity index (χ4v) is 3.04. The molecule has 1 heterocycles. The molecule has 0 saturated carbocycles. The van der Waals surface area contributed by atoms with E-state index >= 15 is 0 Å². The molecule has 0 bridgehead atoms. The van der Waals surface area contributed by atoms with E-state index in [0.717, 1.165) is 12.1 Å². The molecule has 2 aromatic rings. The summed E-state index contributed by atoms with van der Waals surface area (Å²) in [6.45, 7) is 5.29. The monoisotopic (exact) mass is 293 g/mol. The molecule has 0 amide bonds. The lowest BCUT2D eigenvalue weighted by Crippen LogP contribution is -2.02. The molecular formula is C14H19N3O2S. The Hall–Kier alpha value is -1.82. The number of anilines is 1. The van der Waals surface area contributed by atoms with Crippen molar-refractivity contribution < 1.29 is 8.95 Å². The molecule has 2 rings (SSSR count). The average molecular weight is 293 g/mol. The van der Waals surface area contributed by atoms with Crippen LogP contribution in [0.25, 0.3) is 0 Å². The van der Waals surface area contributed by atoms with Crippen molar-refractivity contribution in [3.05, 3.63) is 36.2 Å². The normalized spacial score (nSPS) is 12.3. The fourth-order valence-electron chi connectivity index (χ4n) is 1.85. The van der Waals surface area contributed by atoms with Crippen LogP contribution >= 0.6 is 0 Å². The standard InChI is InChI=1S/C14H19N3O2S/c1-3-17-9-11(8-16-17)10-20(18)14-7-12(19-4-2)5-6-13(14)15/h5-9H,3-4,10,15H2,1-2H3. The van der Waals surface area contributed by atoms with Crippen molar-refractivity contribution in [2.24, 2.45) is 0 Å². The molecule has 5 nitrogen and oxygen atoms in total. The van der Waals surface area contributed by atoms with E-state index in [9.17, 15) is 4.21 Å². The molecule has 0 radical (unpaired) electrons. The maximum atomic E-state index is 12.4. The number of benzene rings is 1. The van der Waals surface area contributed by atoms with Gasteiger partial charge in [-0.1, -0.05) is 0 Å². The van der Waals surface area contributed by atoms with Crippen molar-refractivity contribution in [2.75, 3.05) is 12.3 Å². The average Bonchev–Trinajstić information content (AvgIpc) is 2.88. The summed E-state index contributed by atoms with van der Waals surface area (Å²) in [6, 6.07) is 5.27. The van der Waals surface area contributed by atoms with Crippen molar-refractivity contribution in [3.63, 3.8) is 0 Å². The van der Waals surface area contributed by atoms with Crippen molar-refractivity contribution in [3.8, 4) is 5.75 Å². The molecule has 0 fully saturated rings. The number of hydrogen-bond acceptors (Lipinski definition) is 4. The topological polar surface area (TPSA) is 70.1 Å². The van der Waals surface area contributed by atoms with E-state index in [0.29, 0.717) is 28.7 Å². The number of aryl methyl sites for hydroxylation is 1. The van der Waals surface area contributed by atoms with Gasteiger partial charge in [-0.2, -0.15) is 5.10 Å². The first-order chi connectivity index (χ1) is 9.63. The van der Waals surface area contributed by atoms with Crippen LogP contribution in [0.2, 0.25) is 0 Å². The molecule has 0 saturated heterocycles. The van der Waals surface area contributed by atoms with Crippen LogP contribution < -0.4 is 10.5 Å². The second-order valence-electron chi connectivity index (χ2n) is 4.33. The number of aromatic nitrogens is 2. The lowest BCUT2D eigenvalue weighted by Gasteiger charge is -2.08. The zero-order valence-corrected chi connectivity index (χ0v) is 12.5. The van der Waals surface area contributed by atoms with E-state index in [1.165, 1.54) is 0 Å². The smallest absolute Gasteiger partial charge is 0.120 e. The molecule has 0 aliphatic rings. The second kappa shape index (κ2) is 6.56. The molecule has 1 atom stereocenters. The fraction of sp³-hybridized carbons (Fsp3) is 0.357. The van der Waals surface area contributed by atoms with Crippen LogP contribution in [0.3, 0.4) is 0 Å². The summed E-state index contributed by atoms with van der Waals surface area (Å²) in [5, 5.41) is 4.18. The van der Waals surface area contributed by atoms with Crippen molar-refractivity contribution in [1.82, 2.24) is 9.78 Å². The van der Waals surface area contributed by atoms with Crippen molar-refractivity contribution >= 4 is 16.5 Å². The van der Waals surface area contributed by atoms with E-state index in [1.807, 2.05) is 24.7 Å². The number of nitrogens with zero attached hydrogens (tertiary/aromatic N) is 2. The molecular weight excluding hydrogens is 274 g/mol. The minimum Gasteiger partial charge on any atom is -0.494 e. The molecule has 0 spiro atoms. The number of nitrogen functional groups attached to an aromatic ring is 1. The molecule has 1 aromatic heterocycles. The summed E-state index contributed by atoms with van der Waals surface area (Å²) in [6.07, 6.45) is 3.64. The Kier molecular flexibility index (Phi) is 4.79. The number of hydrogen-bond donors (Lipinski definition) is 1. The van der Waals surface area contributed by atoms with Gasteiger partial charge >= 0.3 is 0 Å². The predicted octanol–water partition coefficient (Wildman–Crippen LogP) is 2.19. The summed E-state index contributed by atoms with van der Waals surface area (Å²) in [4.78, 5) is 0.611. The van der Waals surface area contributed by atoms with E-state index in [2.05, 4.69) is 5.10 Å². The minimum absolute atomic E-state index is 0.403. The highest BCUT2D eigenvalue weighted by molar-refractivity contribution is 7.84. The Morgan fingerprint density at radius 1 is 1.40 bits per heavy atom. The molecule has 0 aliphatic carbocycles. The van der Waals surface area contributed by atoms with Gasteiger partial charge in [0.25, 0.3) is 0 Å². The molecule has 1 unspecified atom stereocenters. The van der Waals surface area contributed by atoms with Gasteiger partial charge in [0.05, 0.1) is 34.3 Å². The maximum absolute atomic E-state index is 12.4. The number of nitrogens with two attached hydrogens (primary N) is 1. The molecule has 1 aromatic carbocycles. The number of ether oxygens (including phenoxy) is 1. The van der Waals surface area contributed by atoms with Gasteiger partial charge in [0.15, 0.2) is 0 Å². The first kappa shape index (κ1) is 14.6. The van der Waals surface area contributed by atoms with Crippen LogP contribution in [-0.4, -0.2) is 20.6 Å². The highest BCUT2D eigenvalue weighted by atomic mass is 32.2. The minimum atomic E-state index is -1.21. The van der Waals surface area contributed by atoms with E-state index < -0.39 is 10.8 Å². The Morgan fingerprint density at radius 2 is 2.20 bits per heavy atom. The van der Waals surface area contributed by atoms with Crippen LogP contribution in [0.4, 0.5) is 5.69 Å². The van der Waals surface area contributed by atoms with Crippen LogP contribution in [0.5, 0.6) is 5.75 Å². The lowest BCUT2D eigenvalue weighted by molar-refractivity contribution is 0.339. The zero-order chi connectivity index (χ0) is 14.5. The first-order valence-corrected chi connectivity index (χ1v) is 7.88. The van der Waals surface area contributed by atoms with E-state index in [1.54, 1.807) is 24.4 Å². The third-order valence-electron chi connectivity index (χ3n) is 2.85. The van der Waals surface area contributed by atoms with Crippen LogP contribution in [0, 0.1) is 0 Å². The highest BCUT2D eigenvalue weighted by Gasteiger charge is 2.11. The summed E-state index contributed by atoms with van der Waals surface area (Å²) in [7, 11) is -1.21. The predicted molar refractivity (Wildman–Crippen MR) is 80.0 cm³/mol. The van der Waals surface area contributed by atoms with Gasteiger partial charge in [0, 0.05) is 24.0 Å². The van der Waals surface area contributed by atoms with E-state index in [4.69, 9.17) is 10.5 Å². The first-order valence-electron chi connectivity index (χ1n) is 6.56. The van der Waals surface area contributed by atoms with Crippen LogP contribution in [0.1, 0.15) is 19.4 Å². The summed E-state index contributed by atoms with van der Waals surface area (Å²) >= 11 is 0. The summed E-state index contributed by atoms with van der Waals surface area (Å²) < 4.78 is 19.7. The third kappa shape index (κ3) is 3.39. The Balaban J connectivity index is 2.17. The highest BCUT2D eigenvalue weighted by Crippen LogP contribution is 2.24. The van der Waals surface area contributed by atoms with Crippen LogP contribution in [0.15, 0.2) is 35.5 Å². The Morgan fingerprint density at radius 3 is 2.85 bits per heavy atom. The summed E-state index contributed by atoms with van der Waals surface area (Å²) in [5.74, 6) is 1.09. The maximum Gasteiger partial charge on any atom is 0.120 e. The van der Waals surface area contributed by atoms with Gasteiger partial charge in [-0.15, -0.1) is 0 Å². The van der Waals surface area contributed by atoms with Crippen molar-refractivity contribution in [2.45, 2.75) is 31.0 Å². The van der Waals surface area contributed by atoms with Gasteiger partial charge in [-0.25, -0.2) is 0 Å². The SMILES string of the molecule is CCOc1ccc(N)c(S(=O)Cc2cnn(CC)c2)c1. The van der Waals surface area contributed by atoms with Gasteiger partial charge in [-0.05, 0) is 32.0 Å². The number of rotatable bonds is 6. The molecule has 20 heavy (non-hydrogen) atoms. The molecule has 2 N–H and O–H groups in total. The van der Waals surface area contributed by atoms with Crippen LogP contribution in [-0.2, 0) is 23.1 Å². The van der Waals surface area contributed by atoms with Gasteiger partial charge in [0.2, 0.25) is 0 Å². The van der Waals surface area contributed by atoms with Gasteiger partial charge < -0.3 is 10.5 Å². The largest absolute Gasteiger partial charge is 0.494 e. The van der Waals surface area contributed by atoms with Gasteiger partial charge in [0.1, 0.15) is 5.75 Å². The van der Waals surface area contributed by atoms with Crippen molar-refractivity contribution in [1.29, 1.82) is 0 Å². The van der Waals surface area contributed by atoms with Gasteiger partial charge in [-0.3, -0.25) is 8.89 Å². The zero-order valence-electron chi connectivity index (χ0n) is 11.7. The quantitative estimate of drug-likeness (QED) is 0.829. The second-order valence-corrected chi connectivity index (χ2v) is 5.75. The molecule has 6 heteroatoms. The third-order valence-corrected chi connectivity index (χ3v) is 4.29.